The maximum absolute atomic E-state index is 11.1. The molecule has 8 nitrogen and oxygen atoms in total. The summed E-state index contributed by atoms with van der Waals surface area (Å²) in [6.45, 7) is 7.82. The molecule has 0 amide bonds. The van der Waals surface area contributed by atoms with Crippen LogP contribution in [0.15, 0.2) is 66.9 Å². The van der Waals surface area contributed by atoms with E-state index in [1.54, 1.807) is 25.3 Å². The molecule has 0 aliphatic carbocycles. The Morgan fingerprint density at radius 1 is 1.07 bits per heavy atom. The van der Waals surface area contributed by atoms with Gasteiger partial charge in [-0.25, -0.2) is 4.79 Å². The normalized spacial score (nSPS) is 13.9. The molecular formula is C34H44N2O6. The van der Waals surface area contributed by atoms with Gasteiger partial charge in [0.2, 0.25) is 0 Å². The van der Waals surface area contributed by atoms with Gasteiger partial charge in [-0.05, 0) is 85.8 Å². The van der Waals surface area contributed by atoms with Crippen molar-refractivity contribution in [1.29, 1.82) is 0 Å². The van der Waals surface area contributed by atoms with Crippen LogP contribution in [0.5, 0.6) is 11.5 Å². The molecule has 0 bridgehead atoms. The largest absolute Gasteiger partial charge is 0.496 e. The maximum atomic E-state index is 11.1. The van der Waals surface area contributed by atoms with E-state index in [1.165, 1.54) is 22.0 Å². The number of benzene rings is 3. The second kappa shape index (κ2) is 16.6. The number of methoxy groups -OCH3 is 2. The van der Waals surface area contributed by atoms with Crippen LogP contribution in [0.4, 0.5) is 0 Å². The number of aromatic carboxylic acids is 1. The summed E-state index contributed by atoms with van der Waals surface area (Å²) in [7, 11) is 4.57. The number of hydrogen-bond acceptors (Lipinski definition) is 6. The van der Waals surface area contributed by atoms with Crippen LogP contribution in [0, 0.1) is 6.92 Å². The number of aliphatic hydroxyl groups excluding tert-OH is 1. The van der Waals surface area contributed by atoms with Gasteiger partial charge in [0.05, 0.1) is 25.4 Å². The first-order valence-corrected chi connectivity index (χ1v) is 14.3. The minimum absolute atomic E-state index is 0.318. The lowest BCUT2D eigenvalue weighted by molar-refractivity contribution is 0.0388. The molecule has 226 valence electrons. The number of nitrogens with zero attached hydrogens (tertiary/aromatic N) is 1. The highest BCUT2D eigenvalue weighted by atomic mass is 16.5. The number of rotatable bonds is 9. The van der Waals surface area contributed by atoms with E-state index in [0.717, 1.165) is 68.3 Å². The first kappa shape index (κ1) is 32.7. The second-order valence-corrected chi connectivity index (χ2v) is 10.1. The predicted octanol–water partition coefficient (Wildman–Crippen LogP) is 6.59. The molecule has 0 radical (unpaired) electrons. The SMILES string of the molecule is C/C=C/CCOc1ccc2c(C(=O)O)cccc2c1.CO.COc1cc(C)c2[nH]ccc2c1CN1CCC(OC)CC1. The molecule has 4 aromatic rings. The Kier molecular flexibility index (Phi) is 12.9. The van der Waals surface area contributed by atoms with Gasteiger partial charge in [-0.3, -0.25) is 4.90 Å². The number of fused-ring (bicyclic) bond motifs is 2. The Balaban J connectivity index is 0.000000219. The average Bonchev–Trinajstić information content (AvgIpc) is 3.53. The van der Waals surface area contributed by atoms with Crippen LogP contribution in [0.3, 0.4) is 0 Å². The molecule has 1 aromatic heterocycles. The third-order valence-corrected chi connectivity index (χ3v) is 7.45. The third kappa shape index (κ3) is 8.35. The van der Waals surface area contributed by atoms with E-state index >= 15 is 0 Å². The number of nitrogens with one attached hydrogen (secondary N) is 1. The number of aliphatic hydroxyl groups is 1. The zero-order chi connectivity index (χ0) is 30.5. The van der Waals surface area contributed by atoms with Gasteiger partial charge in [0.15, 0.2) is 0 Å². The van der Waals surface area contributed by atoms with Gasteiger partial charge >= 0.3 is 5.97 Å². The number of allylic oxidation sites excluding steroid dienone is 1. The summed E-state index contributed by atoms with van der Waals surface area (Å²) in [6.07, 6.45) is 9.56. The molecule has 42 heavy (non-hydrogen) atoms. The van der Waals surface area contributed by atoms with Gasteiger partial charge in [0.25, 0.3) is 0 Å². The zero-order valence-corrected chi connectivity index (χ0v) is 25.4. The first-order valence-electron chi connectivity index (χ1n) is 14.3. The molecule has 1 aliphatic heterocycles. The van der Waals surface area contributed by atoms with E-state index < -0.39 is 5.97 Å². The van der Waals surface area contributed by atoms with Crippen molar-refractivity contribution in [3.05, 3.63) is 83.6 Å². The van der Waals surface area contributed by atoms with Crippen LogP contribution in [0.25, 0.3) is 21.7 Å². The topological polar surface area (TPSA) is 104 Å². The van der Waals surface area contributed by atoms with Crippen LogP contribution in [0.2, 0.25) is 0 Å². The van der Waals surface area contributed by atoms with Crippen molar-refractivity contribution in [1.82, 2.24) is 9.88 Å². The minimum atomic E-state index is -0.910. The number of piperidine rings is 1. The number of likely N-dealkylation sites (tertiary alicyclic amines) is 1. The number of carboxylic acid groups (broad SMARTS) is 1. The van der Waals surface area contributed by atoms with Crippen molar-refractivity contribution >= 4 is 27.6 Å². The van der Waals surface area contributed by atoms with E-state index in [2.05, 4.69) is 28.9 Å². The molecular weight excluding hydrogens is 532 g/mol. The summed E-state index contributed by atoms with van der Waals surface area (Å²) >= 11 is 0. The van der Waals surface area contributed by atoms with Gasteiger partial charge in [-0.1, -0.05) is 24.3 Å². The van der Waals surface area contributed by atoms with E-state index in [9.17, 15) is 4.79 Å². The van der Waals surface area contributed by atoms with E-state index in [1.807, 2.05) is 50.6 Å². The monoisotopic (exact) mass is 576 g/mol. The smallest absolute Gasteiger partial charge is 0.336 e. The van der Waals surface area contributed by atoms with E-state index in [0.29, 0.717) is 18.3 Å². The van der Waals surface area contributed by atoms with Gasteiger partial charge in [-0.2, -0.15) is 0 Å². The molecule has 5 rings (SSSR count). The fraction of sp³-hybridized carbons (Fsp3) is 0.382. The van der Waals surface area contributed by atoms with Gasteiger partial charge in [-0.15, -0.1) is 0 Å². The molecule has 1 aliphatic rings. The molecule has 3 aromatic carbocycles. The fourth-order valence-electron chi connectivity index (χ4n) is 5.26. The Morgan fingerprint density at radius 3 is 2.50 bits per heavy atom. The number of carbonyl (C=O) groups is 1. The van der Waals surface area contributed by atoms with Crippen molar-refractivity contribution in [2.24, 2.45) is 0 Å². The van der Waals surface area contributed by atoms with E-state index in [4.69, 9.17) is 24.4 Å². The molecule has 1 saturated heterocycles. The summed E-state index contributed by atoms with van der Waals surface area (Å²) < 4.78 is 16.7. The molecule has 0 atom stereocenters. The van der Waals surface area contributed by atoms with Crippen molar-refractivity contribution < 1.29 is 29.2 Å². The highest BCUT2D eigenvalue weighted by Gasteiger charge is 2.21. The lowest BCUT2D eigenvalue weighted by Crippen LogP contribution is -2.36. The van der Waals surface area contributed by atoms with Gasteiger partial charge < -0.3 is 29.4 Å². The first-order chi connectivity index (χ1) is 20.4. The number of aryl methyl sites for hydroxylation is 1. The average molecular weight is 577 g/mol. The molecule has 0 unspecified atom stereocenters. The molecule has 0 spiro atoms. The Hall–Kier alpha value is -3.85. The van der Waals surface area contributed by atoms with Crippen LogP contribution in [-0.2, 0) is 11.3 Å². The molecule has 3 N–H and O–H groups in total. The third-order valence-electron chi connectivity index (χ3n) is 7.45. The summed E-state index contributed by atoms with van der Waals surface area (Å²) in [5, 5.41) is 19.0. The van der Waals surface area contributed by atoms with Crippen molar-refractivity contribution in [3.8, 4) is 11.5 Å². The lowest BCUT2D eigenvalue weighted by Gasteiger charge is -2.31. The summed E-state index contributed by atoms with van der Waals surface area (Å²) in [5.74, 6) is 0.848. The summed E-state index contributed by atoms with van der Waals surface area (Å²) in [6, 6.07) is 15.0. The number of ether oxygens (including phenoxy) is 3. The van der Waals surface area contributed by atoms with Crippen LogP contribution in [0.1, 0.15) is 47.7 Å². The van der Waals surface area contributed by atoms with Crippen molar-refractivity contribution in [2.75, 3.05) is 41.0 Å². The fourth-order valence-corrected chi connectivity index (χ4v) is 5.26. The molecule has 0 saturated carbocycles. The number of H-pyrrole nitrogens is 1. The Morgan fingerprint density at radius 2 is 1.83 bits per heavy atom. The second-order valence-electron chi connectivity index (χ2n) is 10.1. The zero-order valence-electron chi connectivity index (χ0n) is 25.4. The number of carboxylic acids is 1. The lowest BCUT2D eigenvalue weighted by atomic mass is 10.0. The number of aromatic nitrogens is 1. The quantitative estimate of drug-likeness (QED) is 0.153. The van der Waals surface area contributed by atoms with E-state index in [-0.39, 0.29) is 0 Å². The number of hydrogen-bond donors (Lipinski definition) is 3. The standard InChI is InChI=1S/C17H24N2O2.C16H16O3.CH4O/c1-12-10-16(21-3)15(14-4-7-18-17(12)14)11-19-8-5-13(20-2)6-9-19;1-2-3-4-10-19-13-8-9-14-12(11-13)6-5-7-15(14)16(17)18;1-2/h4,7,10,13,18H,5-6,8-9,11H2,1-3H3;2-3,5-9,11H,4,10H2,1H3,(H,17,18);2H,1H3/b;3-2+;. The van der Waals surface area contributed by atoms with Crippen molar-refractivity contribution in [3.63, 3.8) is 0 Å². The highest BCUT2D eigenvalue weighted by Crippen LogP contribution is 2.32. The Labute approximate surface area is 248 Å². The summed E-state index contributed by atoms with van der Waals surface area (Å²) in [4.78, 5) is 16.9. The van der Waals surface area contributed by atoms with Gasteiger partial charge in [0.1, 0.15) is 11.5 Å². The molecule has 2 heterocycles. The van der Waals surface area contributed by atoms with Crippen LogP contribution < -0.4 is 9.47 Å². The minimum Gasteiger partial charge on any atom is -0.496 e. The summed E-state index contributed by atoms with van der Waals surface area (Å²) in [5.41, 5.74) is 4.06. The van der Waals surface area contributed by atoms with Crippen LogP contribution >= 0.6 is 0 Å². The Bertz CT molecular complexity index is 1450. The van der Waals surface area contributed by atoms with Crippen molar-refractivity contribution in [2.45, 2.75) is 45.8 Å². The predicted molar refractivity (Wildman–Crippen MR) is 169 cm³/mol. The van der Waals surface area contributed by atoms with Gasteiger partial charge in [0, 0.05) is 56.5 Å². The van der Waals surface area contributed by atoms with Crippen LogP contribution in [-0.4, -0.2) is 73.2 Å². The number of aromatic amines is 1. The molecule has 1 fully saturated rings. The molecule has 8 heteroatoms. The maximum Gasteiger partial charge on any atom is 0.336 e. The highest BCUT2D eigenvalue weighted by molar-refractivity contribution is 6.03.